The van der Waals surface area contributed by atoms with Gasteiger partial charge in [-0.25, -0.2) is 0 Å². The van der Waals surface area contributed by atoms with Gasteiger partial charge in [0.25, 0.3) is 0 Å². The van der Waals surface area contributed by atoms with Crippen molar-refractivity contribution in [2.24, 2.45) is 0 Å². The van der Waals surface area contributed by atoms with Crippen molar-refractivity contribution in [1.82, 2.24) is 5.73 Å². The van der Waals surface area contributed by atoms with Gasteiger partial charge in [0.15, 0.2) is 11.6 Å². The molecule has 0 fully saturated rings. The predicted octanol–water partition coefficient (Wildman–Crippen LogP) is 2.08. The van der Waals surface area contributed by atoms with Gasteiger partial charge in [-0.05, 0) is 12.1 Å². The SMILES string of the molecule is [NH]c1ccc(O)c2c1C(=O)c1ccccc1C2=O. The lowest BCUT2D eigenvalue weighted by molar-refractivity contribution is 0.0977. The van der Waals surface area contributed by atoms with Crippen molar-refractivity contribution in [3.63, 3.8) is 0 Å². The number of hydrogen-bond donors (Lipinski definition) is 1. The molecule has 0 aromatic heterocycles. The van der Waals surface area contributed by atoms with E-state index >= 15 is 0 Å². The van der Waals surface area contributed by atoms with Gasteiger partial charge in [0.2, 0.25) is 0 Å². The van der Waals surface area contributed by atoms with Crippen molar-refractivity contribution < 1.29 is 14.7 Å². The quantitative estimate of drug-likeness (QED) is 0.609. The number of phenols is 1. The Morgan fingerprint density at radius 3 is 2.00 bits per heavy atom. The van der Waals surface area contributed by atoms with E-state index in [1.807, 2.05) is 0 Å². The molecule has 0 bridgehead atoms. The van der Waals surface area contributed by atoms with Crippen LogP contribution >= 0.6 is 0 Å². The number of carbonyl (C=O) groups excluding carboxylic acids is 2. The highest BCUT2D eigenvalue weighted by Gasteiger charge is 2.33. The van der Waals surface area contributed by atoms with Crippen LogP contribution < -0.4 is 5.73 Å². The lowest BCUT2D eigenvalue weighted by Gasteiger charge is -2.19. The third-order valence-electron chi connectivity index (χ3n) is 3.05. The topological polar surface area (TPSA) is 78.2 Å². The van der Waals surface area contributed by atoms with Gasteiger partial charge >= 0.3 is 0 Å². The monoisotopic (exact) mass is 238 g/mol. The molecule has 1 aliphatic rings. The van der Waals surface area contributed by atoms with Gasteiger partial charge in [-0.3, -0.25) is 9.59 Å². The van der Waals surface area contributed by atoms with Gasteiger partial charge in [0.05, 0.1) is 16.8 Å². The zero-order valence-electron chi connectivity index (χ0n) is 9.23. The van der Waals surface area contributed by atoms with Gasteiger partial charge in [0, 0.05) is 11.1 Å². The standard InChI is InChI=1S/C14H8NO3/c15-9-5-6-10(16)12-11(9)13(17)7-3-1-2-4-8(7)14(12)18/h1-6,15-16H. The average molecular weight is 238 g/mol. The van der Waals surface area contributed by atoms with Gasteiger partial charge in [0.1, 0.15) is 5.75 Å². The number of aromatic hydroxyl groups is 1. The number of ketones is 2. The van der Waals surface area contributed by atoms with E-state index in [1.165, 1.54) is 12.1 Å². The van der Waals surface area contributed by atoms with Gasteiger partial charge in [-0.15, -0.1) is 0 Å². The summed E-state index contributed by atoms with van der Waals surface area (Å²) in [4.78, 5) is 24.5. The summed E-state index contributed by atoms with van der Waals surface area (Å²) in [5, 5.41) is 9.74. The summed E-state index contributed by atoms with van der Waals surface area (Å²) in [6, 6.07) is 9.02. The van der Waals surface area contributed by atoms with E-state index in [1.54, 1.807) is 24.3 Å². The van der Waals surface area contributed by atoms with Crippen LogP contribution in [0.2, 0.25) is 0 Å². The number of nitrogens with one attached hydrogen (secondary N) is 1. The van der Waals surface area contributed by atoms with Crippen LogP contribution in [0.3, 0.4) is 0 Å². The molecule has 2 aromatic rings. The number of benzene rings is 2. The van der Waals surface area contributed by atoms with Crippen molar-refractivity contribution in [3.05, 3.63) is 58.7 Å². The van der Waals surface area contributed by atoms with Gasteiger partial charge in [-0.2, -0.15) is 0 Å². The lowest BCUT2D eigenvalue weighted by atomic mass is 9.83. The maximum atomic E-state index is 12.2. The molecule has 3 rings (SSSR count). The van der Waals surface area contributed by atoms with E-state index in [-0.39, 0.29) is 39.5 Å². The van der Waals surface area contributed by atoms with Crippen LogP contribution in [-0.2, 0) is 0 Å². The number of phenolic OH excluding ortho intramolecular Hbond substituents is 1. The molecule has 2 N–H and O–H groups in total. The zero-order valence-corrected chi connectivity index (χ0v) is 9.23. The maximum Gasteiger partial charge on any atom is 0.198 e. The predicted molar refractivity (Wildman–Crippen MR) is 64.2 cm³/mol. The Hall–Kier alpha value is -2.62. The molecule has 87 valence electrons. The third-order valence-corrected chi connectivity index (χ3v) is 3.05. The Balaban J connectivity index is 2.41. The molecular weight excluding hydrogens is 230 g/mol. The minimum absolute atomic E-state index is 0.0151. The second-order valence-electron chi connectivity index (χ2n) is 4.09. The number of fused-ring (bicyclic) bond motifs is 2. The Labute approximate surface area is 103 Å². The summed E-state index contributed by atoms with van der Waals surface area (Å²) in [7, 11) is 0. The second-order valence-corrected chi connectivity index (χ2v) is 4.09. The number of hydrogen-bond acceptors (Lipinski definition) is 3. The van der Waals surface area contributed by atoms with Crippen LogP contribution in [0.1, 0.15) is 31.8 Å². The van der Waals surface area contributed by atoms with Crippen LogP contribution in [0.15, 0.2) is 36.4 Å². The molecule has 4 nitrogen and oxygen atoms in total. The van der Waals surface area contributed by atoms with E-state index in [0.29, 0.717) is 0 Å². The second kappa shape index (κ2) is 3.43. The van der Waals surface area contributed by atoms with E-state index < -0.39 is 5.78 Å². The summed E-state index contributed by atoms with van der Waals surface area (Å²) in [6.07, 6.45) is 0. The first kappa shape index (κ1) is 10.5. The van der Waals surface area contributed by atoms with Gasteiger partial charge < -0.3 is 10.8 Å². The molecule has 4 heteroatoms. The smallest absolute Gasteiger partial charge is 0.198 e. The Bertz CT molecular complexity index is 644. The molecule has 2 aromatic carbocycles. The molecule has 1 radical (unpaired) electrons. The average Bonchev–Trinajstić information content (AvgIpc) is 2.38. The normalized spacial score (nSPS) is 13.1. The van der Waals surface area contributed by atoms with E-state index in [0.717, 1.165) is 0 Å². The van der Waals surface area contributed by atoms with E-state index in [4.69, 9.17) is 5.73 Å². The molecule has 1 aliphatic carbocycles. The Morgan fingerprint density at radius 1 is 0.833 bits per heavy atom. The lowest BCUT2D eigenvalue weighted by Crippen LogP contribution is -2.21. The molecule has 0 saturated carbocycles. The Morgan fingerprint density at radius 2 is 1.39 bits per heavy atom. The molecule has 0 spiro atoms. The molecule has 18 heavy (non-hydrogen) atoms. The fourth-order valence-corrected chi connectivity index (χ4v) is 2.21. The highest BCUT2D eigenvalue weighted by atomic mass is 16.3. The van der Waals surface area contributed by atoms with Crippen LogP contribution in [0.25, 0.3) is 0 Å². The Kier molecular flexibility index (Phi) is 2.01. The molecule has 0 heterocycles. The summed E-state index contributed by atoms with van der Waals surface area (Å²) >= 11 is 0. The summed E-state index contributed by atoms with van der Waals surface area (Å²) < 4.78 is 0. The van der Waals surface area contributed by atoms with Crippen LogP contribution in [0.5, 0.6) is 5.75 Å². The first-order chi connectivity index (χ1) is 8.61. The number of rotatable bonds is 0. The van der Waals surface area contributed by atoms with E-state index in [2.05, 4.69) is 0 Å². The summed E-state index contributed by atoms with van der Waals surface area (Å²) in [5.74, 6) is -1.05. The van der Waals surface area contributed by atoms with Crippen LogP contribution in [-0.4, -0.2) is 16.7 Å². The summed E-state index contributed by atoms with van der Waals surface area (Å²) in [6.45, 7) is 0. The minimum atomic E-state index is -0.410. The van der Waals surface area contributed by atoms with E-state index in [9.17, 15) is 14.7 Å². The molecular formula is C14H8NO3. The largest absolute Gasteiger partial charge is 0.507 e. The maximum absolute atomic E-state index is 12.2. The first-order valence-electron chi connectivity index (χ1n) is 5.37. The first-order valence-corrected chi connectivity index (χ1v) is 5.37. The summed E-state index contributed by atoms with van der Waals surface area (Å²) in [5.41, 5.74) is 8.16. The third kappa shape index (κ3) is 1.20. The van der Waals surface area contributed by atoms with Crippen molar-refractivity contribution in [3.8, 4) is 5.75 Å². The highest BCUT2D eigenvalue weighted by Crippen LogP contribution is 2.36. The van der Waals surface area contributed by atoms with Gasteiger partial charge in [-0.1, -0.05) is 24.3 Å². The fraction of sp³-hybridized carbons (Fsp3) is 0. The molecule has 0 unspecified atom stereocenters. The number of carbonyl (C=O) groups is 2. The fourth-order valence-electron chi connectivity index (χ4n) is 2.21. The molecule has 0 aliphatic heterocycles. The van der Waals surface area contributed by atoms with Crippen LogP contribution in [0.4, 0.5) is 5.69 Å². The van der Waals surface area contributed by atoms with Crippen molar-refractivity contribution in [1.29, 1.82) is 0 Å². The van der Waals surface area contributed by atoms with Crippen LogP contribution in [0, 0.1) is 0 Å². The molecule has 0 saturated heterocycles. The van der Waals surface area contributed by atoms with Crippen molar-refractivity contribution >= 4 is 17.3 Å². The minimum Gasteiger partial charge on any atom is -0.507 e. The zero-order chi connectivity index (χ0) is 12.9. The molecule has 0 atom stereocenters. The highest BCUT2D eigenvalue weighted by molar-refractivity contribution is 6.30. The molecule has 0 amide bonds. The van der Waals surface area contributed by atoms with Crippen molar-refractivity contribution in [2.45, 2.75) is 0 Å². The van der Waals surface area contributed by atoms with Crippen molar-refractivity contribution in [2.75, 3.05) is 0 Å².